The lowest BCUT2D eigenvalue weighted by Crippen LogP contribution is -2.44. The number of carbonyl (C=O) groups excluding carboxylic acids is 9. The largest absolute Gasteiger partial charge is 0.396 e. The molecule has 17 rings (SSSR count). The van der Waals surface area contributed by atoms with Gasteiger partial charge in [-0.3, -0.25) is 52.5 Å². The molecular formula is C93H81Cl2F6N21O10. The minimum Gasteiger partial charge on any atom is -0.396 e. The molecule has 7 atom stereocenters. The number of alkyl halides is 3. The number of likely N-dealkylation sites (tertiary alicyclic amines) is 3. The molecule has 3 saturated heterocycles. The molecule has 0 unspecified atom stereocenters. The number of aliphatic hydroxyl groups excluding tert-OH is 1. The highest BCUT2D eigenvalue weighted by atomic mass is 35.5. The van der Waals surface area contributed by atoms with E-state index in [0.717, 1.165) is 15.4 Å². The van der Waals surface area contributed by atoms with Crippen molar-refractivity contribution < 1.29 is 74.6 Å². The highest BCUT2D eigenvalue weighted by Crippen LogP contribution is 2.39. The van der Waals surface area contributed by atoms with Crippen LogP contribution in [-0.4, -0.2) is 190 Å². The van der Waals surface area contributed by atoms with E-state index in [9.17, 15) is 65.8 Å². The van der Waals surface area contributed by atoms with Gasteiger partial charge < -0.3 is 62.4 Å². The van der Waals surface area contributed by atoms with Crippen LogP contribution >= 0.6 is 23.2 Å². The summed E-state index contributed by atoms with van der Waals surface area (Å²) in [5.74, 6) is -8.01. The van der Waals surface area contributed by atoms with Gasteiger partial charge in [0.1, 0.15) is 68.7 Å². The van der Waals surface area contributed by atoms with Crippen LogP contribution in [0, 0.1) is 24.4 Å². The number of halogens is 8. The van der Waals surface area contributed by atoms with Crippen molar-refractivity contribution in [2.24, 2.45) is 11.5 Å². The number of benzene rings is 8. The monoisotopic (exact) mass is 1840 g/mol. The molecule has 0 bridgehead atoms. The van der Waals surface area contributed by atoms with E-state index in [1.807, 2.05) is 19.1 Å². The number of aromatic nitrogens is 11. The number of aryl methyl sites for hydroxylation is 1. The van der Waals surface area contributed by atoms with E-state index in [4.69, 9.17) is 34.7 Å². The number of ketones is 2. The molecule has 9 heterocycles. The summed E-state index contributed by atoms with van der Waals surface area (Å²) in [6.07, 6.45) is 6.90. The molecule has 0 spiro atoms. The Balaban J connectivity index is 0.000000152. The molecule has 674 valence electrons. The molecule has 8 aromatic carbocycles. The quantitative estimate of drug-likeness (QED) is 0.0184. The first-order valence-corrected chi connectivity index (χ1v) is 42.0. The number of amides is 7. The van der Waals surface area contributed by atoms with Crippen LogP contribution in [0.1, 0.15) is 81.0 Å². The second-order valence-corrected chi connectivity index (χ2v) is 32.2. The Morgan fingerprint density at radius 1 is 0.492 bits per heavy atom. The van der Waals surface area contributed by atoms with Gasteiger partial charge in [0.25, 0.3) is 11.8 Å². The number of carbonyl (C=O) groups is 9. The van der Waals surface area contributed by atoms with Crippen molar-refractivity contribution in [3.05, 3.63) is 275 Å². The second kappa shape index (κ2) is 40.1. The third-order valence-corrected chi connectivity index (χ3v) is 23.2. The van der Waals surface area contributed by atoms with Crippen molar-refractivity contribution in [1.82, 2.24) is 69.0 Å². The molecule has 10 N–H and O–H groups in total. The van der Waals surface area contributed by atoms with Crippen LogP contribution in [0.2, 0.25) is 10.0 Å². The van der Waals surface area contributed by atoms with Crippen LogP contribution in [0.5, 0.6) is 0 Å². The molecule has 3 aliphatic heterocycles. The summed E-state index contributed by atoms with van der Waals surface area (Å²) < 4.78 is 93.7. The van der Waals surface area contributed by atoms with Crippen molar-refractivity contribution in [1.29, 1.82) is 0 Å². The first-order chi connectivity index (χ1) is 63.5. The average Bonchev–Trinajstić information content (AvgIpc) is 1.62. The van der Waals surface area contributed by atoms with Gasteiger partial charge in [-0.1, -0.05) is 102 Å². The first-order valence-electron chi connectivity index (χ1n) is 41.3. The van der Waals surface area contributed by atoms with Crippen LogP contribution in [-0.2, 0) is 48.4 Å². The van der Waals surface area contributed by atoms with E-state index >= 15 is 8.78 Å². The number of primary amides is 2. The lowest BCUT2D eigenvalue weighted by Gasteiger charge is -2.25. The molecule has 39 heteroatoms. The summed E-state index contributed by atoms with van der Waals surface area (Å²) in [7, 11) is 0. The minimum absolute atomic E-state index is 0.0612. The maximum atomic E-state index is 15.5. The number of Topliss-reactive ketones (excluding diaryl/α,β-unsaturated/α-hetero) is 2. The molecular weight excluding hydrogens is 1760 g/mol. The Morgan fingerprint density at radius 2 is 0.947 bits per heavy atom. The van der Waals surface area contributed by atoms with Gasteiger partial charge in [-0.15, -0.1) is 5.10 Å². The number of aliphatic hydroxyl groups is 1. The van der Waals surface area contributed by atoms with Crippen LogP contribution in [0.4, 0.5) is 72.0 Å². The summed E-state index contributed by atoms with van der Waals surface area (Å²) in [4.78, 5) is 137. The number of nitrogens with two attached hydrogens (primary N) is 2. The van der Waals surface area contributed by atoms with Crippen LogP contribution in [0.3, 0.4) is 0 Å². The Labute approximate surface area is 757 Å². The van der Waals surface area contributed by atoms with E-state index in [1.165, 1.54) is 76.4 Å². The van der Waals surface area contributed by atoms with Crippen molar-refractivity contribution in [3.63, 3.8) is 0 Å². The molecule has 132 heavy (non-hydrogen) atoms. The Bertz CT molecular complexity index is 6510. The van der Waals surface area contributed by atoms with Gasteiger partial charge in [0.2, 0.25) is 29.5 Å². The highest BCUT2D eigenvalue weighted by Gasteiger charge is 2.44. The number of anilines is 8. The fraction of sp³-hybridized carbons (Fsp3) is 0.215. The van der Waals surface area contributed by atoms with Gasteiger partial charge in [-0.2, -0.15) is 15.3 Å². The number of hydrogen-bond acceptors (Lipinski definition) is 21. The predicted octanol–water partition coefficient (Wildman–Crippen LogP) is 13.9. The fourth-order valence-electron chi connectivity index (χ4n) is 16.3. The highest BCUT2D eigenvalue weighted by molar-refractivity contribution is 6.33. The maximum absolute atomic E-state index is 15.5. The smallest absolute Gasteiger partial charge is 0.269 e. The lowest BCUT2D eigenvalue weighted by molar-refractivity contribution is -0.138. The predicted molar refractivity (Wildman–Crippen MR) is 481 cm³/mol. The van der Waals surface area contributed by atoms with Gasteiger partial charge >= 0.3 is 0 Å². The van der Waals surface area contributed by atoms with E-state index in [0.29, 0.717) is 94.2 Å². The third kappa shape index (κ3) is 20.4. The van der Waals surface area contributed by atoms with Gasteiger partial charge in [0.15, 0.2) is 40.4 Å². The SMILES string of the molecule is CC(=O)c1cn(CC(=O)N2C[C@H](F)C[C@H]2C(=O)C[C@@H](CO)c2cccc(Cl)c2F)c2ccc(Nc3cncnc3)cc12.Cc1ccccc1-c1cccc(NC(=O)[C@@H]2C[C@@H](F)CN2C(=O)Cn2nc(C(N)=O)c3cc(Nc4cncnc4)ccc32)c1F.NC(=O)c1nn(CC(=O)N2C[C@H](F)C[C@H]2C(=O)Nc2cccc(-c3ccccc3Cl)c2F)c2ccc(Nc3cccnn3)cc12. The molecule has 3 aliphatic rings. The van der Waals surface area contributed by atoms with Gasteiger partial charge in [0, 0.05) is 110 Å². The van der Waals surface area contributed by atoms with Crippen molar-refractivity contribution in [2.75, 3.05) is 52.8 Å². The molecule has 7 amide bonds. The number of fused-ring (bicyclic) bond motifs is 3. The molecule has 0 radical (unpaired) electrons. The normalized spacial score (nSPS) is 16.5. The standard InChI is InChI=1S/C32H28F2N8O3.C31H25ClF2N8O3.C30H28ClF2N5O4/c1-18-5-2-3-6-22(18)23-7-4-8-25(29(23)34)39-32(45)27-11-19(33)15-41(27)28(43)16-42-26-10-9-20(38-21-13-36-17-37-14-21)12-24(26)30(40-42)31(35)44;32-22-7-2-1-5-19(22)20-6-3-8-23(28(20)34)38-31(45)25-13-17(33)15-41(25)27(43)16-42-24-11-10-18(37-26-9-4-12-36-39-26)14-21(24)29(40-42)30(35)44;1-17(40)24-13-37(26-6-5-20(9-23(24)26)36-21-10-34-16-35-11-21)14-29(42)38-12-19(32)8-27(38)28(41)7-18(15-39)22-3-2-4-25(31)30(22)33/h2-10,12-14,17,19,27,38H,11,15-16H2,1H3,(H2,35,44)(H,39,45);1-12,14,17,25H,13,15-16H2,(H2,35,44)(H,37,39)(H,38,45);2-6,9-11,13,16,18-19,27,36,39H,7-8,12,14-15H2,1H3/t19-,27+;17-,25+;18-,19+,27-/m110/s1. The zero-order chi connectivity index (χ0) is 93.3. The molecule has 31 nitrogen and oxygen atoms in total. The first kappa shape index (κ1) is 91.4. The second-order valence-electron chi connectivity index (χ2n) is 31.4. The average molecular weight is 1840 g/mol. The summed E-state index contributed by atoms with van der Waals surface area (Å²) >= 11 is 12.1. The van der Waals surface area contributed by atoms with E-state index < -0.39 is 127 Å². The Hall–Kier alpha value is -15.4. The molecule has 6 aromatic heterocycles. The van der Waals surface area contributed by atoms with Crippen LogP contribution < -0.4 is 38.1 Å². The summed E-state index contributed by atoms with van der Waals surface area (Å²) in [6.45, 7) is 0.793. The van der Waals surface area contributed by atoms with Crippen molar-refractivity contribution in [2.45, 2.75) is 102 Å². The molecule has 0 aliphatic carbocycles. The zero-order valence-corrected chi connectivity index (χ0v) is 71.7. The van der Waals surface area contributed by atoms with Gasteiger partial charge in [-0.25, -0.2) is 46.3 Å². The maximum Gasteiger partial charge on any atom is 0.269 e. The topological polar surface area (TPSA) is 414 Å². The van der Waals surface area contributed by atoms with Crippen LogP contribution in [0.25, 0.3) is 55.0 Å². The summed E-state index contributed by atoms with van der Waals surface area (Å²) in [6, 6.07) is 42.6. The minimum atomic E-state index is -1.48. The summed E-state index contributed by atoms with van der Waals surface area (Å²) in [5.41, 5.74) is 18.3. The van der Waals surface area contributed by atoms with E-state index in [2.05, 4.69) is 66.9 Å². The molecule has 3 fully saturated rings. The Morgan fingerprint density at radius 3 is 1.45 bits per heavy atom. The molecule has 0 saturated carbocycles. The Kier molecular flexibility index (Phi) is 27.8. The van der Waals surface area contributed by atoms with Gasteiger partial charge in [-0.05, 0) is 122 Å². The fourth-order valence-corrected chi connectivity index (χ4v) is 16.7. The van der Waals surface area contributed by atoms with E-state index in [-0.39, 0.29) is 96.6 Å². The number of nitrogens with one attached hydrogen (secondary N) is 5. The third-order valence-electron chi connectivity index (χ3n) is 22.5. The van der Waals surface area contributed by atoms with Crippen molar-refractivity contribution in [3.8, 4) is 22.3 Å². The van der Waals surface area contributed by atoms with E-state index in [1.54, 1.807) is 157 Å². The number of hydrogen-bond donors (Lipinski definition) is 8. The number of rotatable bonds is 26. The zero-order valence-electron chi connectivity index (χ0n) is 70.2. The molecule has 14 aromatic rings. The van der Waals surface area contributed by atoms with Crippen molar-refractivity contribution >= 4 is 154 Å². The summed E-state index contributed by atoms with van der Waals surface area (Å²) in [5, 5.41) is 42.2. The van der Waals surface area contributed by atoms with Gasteiger partial charge in [0.05, 0.1) is 95.9 Å². The number of nitrogens with zero attached hydrogens (tertiary/aromatic N) is 14. The lowest BCUT2D eigenvalue weighted by atomic mass is 9.91. The van der Waals surface area contributed by atoms with Crippen LogP contribution in [0.15, 0.2) is 220 Å².